The largest absolute Gasteiger partial charge is 0.272 e. The zero-order valence-corrected chi connectivity index (χ0v) is 10.1. The molecule has 1 rings (SSSR count). The quantitative estimate of drug-likeness (QED) is 0.263. The fraction of sp³-hybridized carbons (Fsp3) is 0.818. The molecule has 0 aromatic heterocycles. The Labute approximate surface area is 96.3 Å². The second kappa shape index (κ2) is 7.58. The van der Waals surface area contributed by atoms with Crippen LogP contribution in [-0.4, -0.2) is 18.0 Å². The van der Waals surface area contributed by atoms with Crippen molar-refractivity contribution in [2.24, 2.45) is 10.9 Å². The minimum Gasteiger partial charge on any atom is -0.272 e. The molecule has 1 N–H and O–H groups in total. The smallest absolute Gasteiger partial charge is 0.183 e. The number of amidine groups is 1. The Bertz CT molecular complexity index is 239. The van der Waals surface area contributed by atoms with Gasteiger partial charge in [-0.15, -0.1) is 0 Å². The Kier molecular flexibility index (Phi) is 6.26. The summed E-state index contributed by atoms with van der Waals surface area (Å²) < 4.78 is 0. The molecule has 1 saturated carbocycles. The number of nitriles is 1. The van der Waals surface area contributed by atoms with E-state index in [1.807, 2.05) is 12.4 Å². The average molecular weight is 225 g/mol. The molecule has 4 heteroatoms. The van der Waals surface area contributed by atoms with Crippen LogP contribution in [0.15, 0.2) is 4.99 Å². The van der Waals surface area contributed by atoms with Gasteiger partial charge in [-0.2, -0.15) is 5.26 Å². The van der Waals surface area contributed by atoms with E-state index in [0.29, 0.717) is 0 Å². The normalized spacial score (nSPS) is 17.7. The summed E-state index contributed by atoms with van der Waals surface area (Å²) in [6.45, 7) is 0.849. The maximum Gasteiger partial charge on any atom is 0.183 e. The van der Waals surface area contributed by atoms with Crippen LogP contribution < -0.4 is 5.32 Å². The molecule has 0 heterocycles. The minimum absolute atomic E-state index is 0.740. The van der Waals surface area contributed by atoms with Gasteiger partial charge in [-0.05, 0) is 25.0 Å². The minimum atomic E-state index is 0.740. The predicted octanol–water partition coefficient (Wildman–Crippen LogP) is 2.75. The van der Waals surface area contributed by atoms with Gasteiger partial charge in [-0.25, -0.2) is 0 Å². The van der Waals surface area contributed by atoms with Crippen molar-refractivity contribution in [3.63, 3.8) is 0 Å². The molecule has 0 radical (unpaired) electrons. The van der Waals surface area contributed by atoms with E-state index in [1.54, 1.807) is 0 Å². The molecule has 0 aliphatic heterocycles. The van der Waals surface area contributed by atoms with Gasteiger partial charge in [-0.3, -0.25) is 10.3 Å². The van der Waals surface area contributed by atoms with Crippen molar-refractivity contribution in [1.82, 2.24) is 5.32 Å². The van der Waals surface area contributed by atoms with Gasteiger partial charge >= 0.3 is 0 Å². The zero-order valence-electron chi connectivity index (χ0n) is 9.33. The Morgan fingerprint density at radius 2 is 2.27 bits per heavy atom. The summed E-state index contributed by atoms with van der Waals surface area (Å²) >= 11 is 1.49. The lowest BCUT2D eigenvalue weighted by molar-refractivity contribution is 0.488. The van der Waals surface area contributed by atoms with Crippen molar-refractivity contribution in [1.29, 1.82) is 5.26 Å². The van der Waals surface area contributed by atoms with E-state index in [2.05, 4.69) is 10.3 Å². The van der Waals surface area contributed by atoms with Crippen LogP contribution in [0.2, 0.25) is 0 Å². The summed E-state index contributed by atoms with van der Waals surface area (Å²) in [7, 11) is 0. The Balaban J connectivity index is 2.10. The molecular weight excluding hydrogens is 206 g/mol. The second-order valence-electron chi connectivity index (χ2n) is 3.92. The van der Waals surface area contributed by atoms with E-state index < -0.39 is 0 Å². The highest BCUT2D eigenvalue weighted by atomic mass is 32.2. The van der Waals surface area contributed by atoms with Gasteiger partial charge < -0.3 is 0 Å². The Morgan fingerprint density at radius 1 is 1.53 bits per heavy atom. The van der Waals surface area contributed by atoms with Gasteiger partial charge in [0.1, 0.15) is 0 Å². The first-order valence-corrected chi connectivity index (χ1v) is 6.83. The summed E-state index contributed by atoms with van der Waals surface area (Å²) in [6.07, 6.45) is 11.9. The highest BCUT2D eigenvalue weighted by molar-refractivity contribution is 8.13. The number of thioether (sulfide) groups is 1. The van der Waals surface area contributed by atoms with Gasteiger partial charge in [0.25, 0.3) is 0 Å². The van der Waals surface area contributed by atoms with Gasteiger partial charge in [-0.1, -0.05) is 37.4 Å². The monoisotopic (exact) mass is 225 g/mol. The number of nitrogens with zero attached hydrogens (tertiary/aromatic N) is 2. The number of rotatable bonds is 4. The topological polar surface area (TPSA) is 48.2 Å². The van der Waals surface area contributed by atoms with E-state index in [4.69, 9.17) is 5.26 Å². The van der Waals surface area contributed by atoms with Gasteiger partial charge in [0.15, 0.2) is 11.4 Å². The van der Waals surface area contributed by atoms with Crippen LogP contribution in [0.5, 0.6) is 0 Å². The maximum absolute atomic E-state index is 8.44. The second-order valence-corrected chi connectivity index (χ2v) is 4.72. The van der Waals surface area contributed by atoms with Crippen molar-refractivity contribution in [3.05, 3.63) is 0 Å². The fourth-order valence-corrected chi connectivity index (χ4v) is 2.43. The molecule has 0 amide bonds. The van der Waals surface area contributed by atoms with Crippen molar-refractivity contribution >= 4 is 16.9 Å². The molecule has 84 valence electrons. The third-order valence-electron chi connectivity index (χ3n) is 2.86. The van der Waals surface area contributed by atoms with Crippen LogP contribution in [0.25, 0.3) is 0 Å². The standard InChI is InChI=1S/C11H19N3S/c1-15-11(14-9-12)13-8-4-7-10-5-2-3-6-10/h10H,2-8H2,1H3,(H,13,14). The van der Waals surface area contributed by atoms with Crippen LogP contribution in [-0.2, 0) is 0 Å². The lowest BCUT2D eigenvalue weighted by Crippen LogP contribution is -2.13. The molecule has 1 aliphatic carbocycles. The predicted molar refractivity (Wildman–Crippen MR) is 65.8 cm³/mol. The van der Waals surface area contributed by atoms with Crippen molar-refractivity contribution in [2.45, 2.75) is 38.5 Å². The molecule has 1 fully saturated rings. The summed E-state index contributed by atoms with van der Waals surface area (Å²) in [5.74, 6) is 0.946. The Morgan fingerprint density at radius 3 is 2.87 bits per heavy atom. The average Bonchev–Trinajstić information content (AvgIpc) is 2.75. The lowest BCUT2D eigenvalue weighted by atomic mass is 10.0. The zero-order chi connectivity index (χ0) is 10.9. The molecule has 0 spiro atoms. The van der Waals surface area contributed by atoms with Crippen LogP contribution in [0.1, 0.15) is 38.5 Å². The first-order chi connectivity index (χ1) is 7.36. The molecule has 0 unspecified atom stereocenters. The molecule has 0 saturated heterocycles. The van der Waals surface area contributed by atoms with E-state index in [9.17, 15) is 0 Å². The number of nitrogens with one attached hydrogen (secondary N) is 1. The third kappa shape index (κ3) is 5.08. The maximum atomic E-state index is 8.44. The molecular formula is C11H19N3S. The van der Waals surface area contributed by atoms with Crippen LogP contribution in [0.4, 0.5) is 0 Å². The van der Waals surface area contributed by atoms with Crippen molar-refractivity contribution in [2.75, 3.05) is 12.8 Å². The van der Waals surface area contributed by atoms with Gasteiger partial charge in [0, 0.05) is 6.54 Å². The Hall–Kier alpha value is -0.690. The first kappa shape index (κ1) is 12.4. The number of hydrogen-bond acceptors (Lipinski definition) is 3. The molecule has 0 bridgehead atoms. The van der Waals surface area contributed by atoms with E-state index in [1.165, 1.54) is 43.9 Å². The van der Waals surface area contributed by atoms with Gasteiger partial charge in [0.2, 0.25) is 0 Å². The molecule has 1 aliphatic rings. The van der Waals surface area contributed by atoms with Crippen molar-refractivity contribution < 1.29 is 0 Å². The fourth-order valence-electron chi connectivity index (χ4n) is 2.06. The lowest BCUT2D eigenvalue weighted by Gasteiger charge is -2.06. The summed E-state index contributed by atoms with van der Waals surface area (Å²) in [5.41, 5.74) is 0. The van der Waals surface area contributed by atoms with Crippen LogP contribution >= 0.6 is 11.8 Å². The third-order valence-corrected chi connectivity index (χ3v) is 3.47. The summed E-state index contributed by atoms with van der Waals surface area (Å²) in [4.78, 5) is 4.34. The molecule has 0 aromatic carbocycles. The van der Waals surface area contributed by atoms with Gasteiger partial charge in [0.05, 0.1) is 0 Å². The van der Waals surface area contributed by atoms with E-state index >= 15 is 0 Å². The highest BCUT2D eigenvalue weighted by Gasteiger charge is 2.13. The SMILES string of the molecule is CSC(=NCCCC1CCCC1)NC#N. The molecule has 3 nitrogen and oxygen atoms in total. The molecule has 15 heavy (non-hydrogen) atoms. The number of hydrogen-bond donors (Lipinski definition) is 1. The van der Waals surface area contributed by atoms with Crippen LogP contribution in [0, 0.1) is 17.4 Å². The first-order valence-electron chi connectivity index (χ1n) is 5.60. The van der Waals surface area contributed by atoms with E-state index in [-0.39, 0.29) is 0 Å². The van der Waals surface area contributed by atoms with Crippen molar-refractivity contribution in [3.8, 4) is 6.19 Å². The summed E-state index contributed by atoms with van der Waals surface area (Å²) in [6, 6.07) is 0. The molecule has 0 aromatic rings. The van der Waals surface area contributed by atoms with E-state index in [0.717, 1.165) is 24.1 Å². The number of aliphatic imine (C=N–C) groups is 1. The summed E-state index contributed by atoms with van der Waals surface area (Å²) in [5, 5.41) is 11.8. The van der Waals surface area contributed by atoms with Crippen LogP contribution in [0.3, 0.4) is 0 Å². The molecule has 0 atom stereocenters. The highest BCUT2D eigenvalue weighted by Crippen LogP contribution is 2.28.